The number of benzene rings is 2. The van der Waals surface area contributed by atoms with Crippen LogP contribution in [0.4, 0.5) is 4.39 Å². The van der Waals surface area contributed by atoms with E-state index in [2.05, 4.69) is 0 Å². The number of hydrogen-bond acceptors (Lipinski definition) is 4. The van der Waals surface area contributed by atoms with Gasteiger partial charge >= 0.3 is 0 Å². The number of sulfone groups is 1. The zero-order valence-corrected chi connectivity index (χ0v) is 13.2. The van der Waals surface area contributed by atoms with Crippen molar-refractivity contribution in [3.63, 3.8) is 0 Å². The van der Waals surface area contributed by atoms with E-state index in [9.17, 15) is 17.9 Å². The Morgan fingerprint density at radius 3 is 2.22 bits per heavy atom. The maximum atomic E-state index is 13.1. The lowest BCUT2D eigenvalue weighted by Crippen LogP contribution is -2.27. The molecule has 0 radical (unpaired) electrons. The number of nitrogens with two attached hydrogens (primary N) is 1. The number of halogens is 1. The van der Waals surface area contributed by atoms with Gasteiger partial charge in [0.25, 0.3) is 0 Å². The third-order valence-electron chi connectivity index (χ3n) is 4.69. The lowest BCUT2D eigenvalue weighted by atomic mass is 10.0. The Balaban J connectivity index is 2.05. The largest absolute Gasteiger partial charge is 0.396 e. The molecule has 0 saturated heterocycles. The second-order valence-corrected chi connectivity index (χ2v) is 7.97. The molecule has 0 heterocycles. The molecule has 1 fully saturated rings. The number of rotatable bonds is 5. The van der Waals surface area contributed by atoms with E-state index in [0.717, 1.165) is 0 Å². The average Bonchev–Trinajstić information content (AvgIpc) is 3.27. The second kappa shape index (κ2) is 5.70. The Labute approximate surface area is 134 Å². The molecule has 1 saturated carbocycles. The van der Waals surface area contributed by atoms with Crippen LogP contribution < -0.4 is 5.73 Å². The van der Waals surface area contributed by atoms with Crippen molar-refractivity contribution in [2.45, 2.75) is 16.1 Å². The van der Waals surface area contributed by atoms with Gasteiger partial charge in [-0.15, -0.1) is 0 Å². The normalized spacial score (nSPS) is 26.9. The quantitative estimate of drug-likeness (QED) is 0.871. The molecule has 0 aromatic heterocycles. The lowest BCUT2D eigenvalue weighted by molar-refractivity contribution is 0.212. The van der Waals surface area contributed by atoms with Gasteiger partial charge in [-0.25, -0.2) is 12.8 Å². The summed E-state index contributed by atoms with van der Waals surface area (Å²) in [5.41, 5.74) is 5.56. The van der Waals surface area contributed by atoms with Crippen LogP contribution in [-0.4, -0.2) is 31.9 Å². The summed E-state index contributed by atoms with van der Waals surface area (Å²) in [6.07, 6.45) is 0. The van der Waals surface area contributed by atoms with Crippen LogP contribution >= 0.6 is 0 Å². The zero-order chi connectivity index (χ0) is 16.7. The van der Waals surface area contributed by atoms with Gasteiger partial charge in [0.1, 0.15) is 5.82 Å². The van der Waals surface area contributed by atoms with E-state index in [4.69, 9.17) is 5.73 Å². The molecule has 2 aromatic rings. The molecule has 1 aliphatic rings. The van der Waals surface area contributed by atoms with Crippen LogP contribution in [0.2, 0.25) is 0 Å². The molecular weight excluding hydrogens is 317 g/mol. The highest BCUT2D eigenvalue weighted by Crippen LogP contribution is 2.63. The molecule has 0 bridgehead atoms. The molecule has 4 nitrogen and oxygen atoms in total. The third-order valence-corrected chi connectivity index (χ3v) is 7.03. The Morgan fingerprint density at radius 2 is 1.70 bits per heavy atom. The lowest BCUT2D eigenvalue weighted by Gasteiger charge is -2.12. The fourth-order valence-electron chi connectivity index (χ4n) is 3.37. The van der Waals surface area contributed by atoms with Crippen molar-refractivity contribution in [2.24, 2.45) is 11.1 Å². The first kappa shape index (κ1) is 16.1. The van der Waals surface area contributed by atoms with Gasteiger partial charge in [0.05, 0.1) is 16.8 Å². The Hall–Kier alpha value is -1.76. The van der Waals surface area contributed by atoms with Crippen LogP contribution in [0, 0.1) is 11.2 Å². The van der Waals surface area contributed by atoms with Crippen molar-refractivity contribution in [1.29, 1.82) is 0 Å². The molecular formula is C17H18FNO3S. The van der Waals surface area contributed by atoms with Gasteiger partial charge < -0.3 is 10.8 Å². The minimum atomic E-state index is -3.64. The molecule has 0 spiro atoms. The summed E-state index contributed by atoms with van der Waals surface area (Å²) in [4.78, 5) is 0.209. The van der Waals surface area contributed by atoms with Gasteiger partial charge in [0, 0.05) is 17.9 Å². The fourth-order valence-corrected chi connectivity index (χ4v) is 5.84. The summed E-state index contributed by atoms with van der Waals surface area (Å²) in [6.45, 7) is -0.287. The number of aliphatic hydroxyl groups excluding tert-OH is 1. The number of hydrogen-bond donors (Lipinski definition) is 2. The molecule has 122 valence electrons. The van der Waals surface area contributed by atoms with E-state index < -0.39 is 26.4 Å². The summed E-state index contributed by atoms with van der Waals surface area (Å²) in [5, 5.41) is 9.00. The molecule has 1 aliphatic carbocycles. The fraction of sp³-hybridized carbons (Fsp3) is 0.294. The molecule has 0 amide bonds. The maximum absolute atomic E-state index is 13.1. The Bertz CT molecular complexity index is 786. The van der Waals surface area contributed by atoms with Crippen LogP contribution in [0.25, 0.3) is 0 Å². The van der Waals surface area contributed by atoms with Gasteiger partial charge in [-0.2, -0.15) is 0 Å². The van der Waals surface area contributed by atoms with Crippen molar-refractivity contribution in [3.05, 3.63) is 66.0 Å². The highest BCUT2D eigenvalue weighted by Gasteiger charge is 2.70. The van der Waals surface area contributed by atoms with E-state index in [1.807, 2.05) is 0 Å². The van der Waals surface area contributed by atoms with Crippen molar-refractivity contribution in [1.82, 2.24) is 0 Å². The van der Waals surface area contributed by atoms with Gasteiger partial charge in [-0.05, 0) is 29.8 Å². The van der Waals surface area contributed by atoms with E-state index in [1.165, 1.54) is 24.3 Å². The van der Waals surface area contributed by atoms with Crippen LogP contribution in [-0.2, 0) is 9.84 Å². The first-order valence-corrected chi connectivity index (χ1v) is 8.87. The minimum Gasteiger partial charge on any atom is -0.396 e. The van der Waals surface area contributed by atoms with Crippen molar-refractivity contribution >= 4 is 9.84 Å². The maximum Gasteiger partial charge on any atom is 0.182 e. The standard InChI is InChI=1S/C17H18FNO3S/c18-13-8-6-12(7-9-13)15-16(17(15,10-19)11-20)23(21,22)14-4-2-1-3-5-14/h1-9,15-16,20H,10-11,19H2/t15-,16+,17+/m1/s1. The first-order valence-electron chi connectivity index (χ1n) is 7.33. The summed E-state index contributed by atoms with van der Waals surface area (Å²) >= 11 is 0. The van der Waals surface area contributed by atoms with E-state index in [-0.39, 0.29) is 23.9 Å². The van der Waals surface area contributed by atoms with Crippen molar-refractivity contribution < 1.29 is 17.9 Å². The van der Waals surface area contributed by atoms with E-state index >= 15 is 0 Å². The summed E-state index contributed by atoms with van der Waals surface area (Å²) in [6, 6.07) is 13.8. The molecule has 3 rings (SSSR count). The summed E-state index contributed by atoms with van der Waals surface area (Å²) in [7, 11) is -3.64. The first-order chi connectivity index (χ1) is 11.0. The molecule has 6 heteroatoms. The molecule has 0 aliphatic heterocycles. The minimum absolute atomic E-state index is 0.0439. The van der Waals surface area contributed by atoms with Crippen LogP contribution in [0.1, 0.15) is 11.5 Å². The zero-order valence-electron chi connectivity index (χ0n) is 12.4. The van der Waals surface area contributed by atoms with Gasteiger partial charge in [-0.1, -0.05) is 30.3 Å². The highest BCUT2D eigenvalue weighted by atomic mass is 32.2. The molecule has 3 atom stereocenters. The van der Waals surface area contributed by atoms with E-state index in [1.54, 1.807) is 30.3 Å². The van der Waals surface area contributed by atoms with Crippen LogP contribution in [0.15, 0.2) is 59.5 Å². The van der Waals surface area contributed by atoms with Crippen LogP contribution in [0.3, 0.4) is 0 Å². The average molecular weight is 335 g/mol. The molecule has 3 N–H and O–H groups in total. The van der Waals surface area contributed by atoms with Crippen molar-refractivity contribution in [3.8, 4) is 0 Å². The molecule has 23 heavy (non-hydrogen) atoms. The topological polar surface area (TPSA) is 80.4 Å². The van der Waals surface area contributed by atoms with Gasteiger partial charge in [0.15, 0.2) is 9.84 Å². The Morgan fingerprint density at radius 1 is 1.09 bits per heavy atom. The van der Waals surface area contributed by atoms with E-state index in [0.29, 0.717) is 5.56 Å². The molecule has 0 unspecified atom stereocenters. The monoisotopic (exact) mass is 335 g/mol. The highest BCUT2D eigenvalue weighted by molar-refractivity contribution is 7.92. The van der Waals surface area contributed by atoms with Gasteiger partial charge in [-0.3, -0.25) is 0 Å². The smallest absolute Gasteiger partial charge is 0.182 e. The SMILES string of the molecule is NC[C@]1(CO)[C@H](c2ccc(F)cc2)[C@@H]1S(=O)(=O)c1ccccc1. The van der Waals surface area contributed by atoms with Crippen LogP contribution in [0.5, 0.6) is 0 Å². The molecule has 2 aromatic carbocycles. The number of aliphatic hydroxyl groups is 1. The third kappa shape index (κ3) is 2.47. The second-order valence-electron chi connectivity index (χ2n) is 5.90. The predicted octanol–water partition coefficient (Wildman–Crippen LogP) is 1.70. The Kier molecular flexibility index (Phi) is 4.00. The van der Waals surface area contributed by atoms with Gasteiger partial charge in [0.2, 0.25) is 0 Å². The van der Waals surface area contributed by atoms with Crippen molar-refractivity contribution in [2.75, 3.05) is 13.2 Å². The predicted molar refractivity (Wildman–Crippen MR) is 85.1 cm³/mol. The summed E-state index contributed by atoms with van der Waals surface area (Å²) < 4.78 is 39.0. The summed E-state index contributed by atoms with van der Waals surface area (Å²) in [5.74, 6) is -0.831.